The molecule has 0 saturated heterocycles. The zero-order valence-corrected chi connectivity index (χ0v) is 7.51. The fraction of sp³-hybridized carbons (Fsp3) is 0.182. The smallest absolute Gasteiger partial charge is 0.330 e. The molecule has 0 aromatic carbocycles. The number of ether oxygens (including phenoxy) is 1. The van der Waals surface area contributed by atoms with E-state index in [0.717, 1.165) is 0 Å². The molecule has 0 unspecified atom stereocenters. The van der Waals surface area contributed by atoms with Crippen LogP contribution in [0.2, 0.25) is 0 Å². The van der Waals surface area contributed by atoms with Gasteiger partial charge in [-0.05, 0) is 0 Å². The lowest BCUT2D eigenvalue weighted by Crippen LogP contribution is -1.92. The highest BCUT2D eigenvalue weighted by Gasteiger charge is 1.95. The molecule has 1 rings (SSSR count). The predicted molar refractivity (Wildman–Crippen MR) is 52.1 cm³/mol. The molecule has 0 aromatic rings. The van der Waals surface area contributed by atoms with Crippen LogP contribution >= 0.6 is 0 Å². The van der Waals surface area contributed by atoms with E-state index in [1.165, 1.54) is 13.2 Å². The van der Waals surface area contributed by atoms with Crippen molar-refractivity contribution in [2.75, 3.05) is 7.11 Å². The molecule has 68 valence electrons. The first kappa shape index (κ1) is 9.52. The molecular formula is C11H12O2. The number of carbonyl (C=O) groups is 1. The Bertz CT molecular complexity index is 270. The van der Waals surface area contributed by atoms with Gasteiger partial charge in [0, 0.05) is 12.0 Å². The Morgan fingerprint density at radius 1 is 1.31 bits per heavy atom. The maximum Gasteiger partial charge on any atom is 0.330 e. The monoisotopic (exact) mass is 176 g/mol. The van der Waals surface area contributed by atoms with Crippen molar-refractivity contribution in [1.82, 2.24) is 0 Å². The number of rotatable bonds is 3. The molecule has 0 fully saturated rings. The van der Waals surface area contributed by atoms with Crippen LogP contribution < -0.4 is 0 Å². The summed E-state index contributed by atoms with van der Waals surface area (Å²) in [5.74, 6) is 0.0319. The largest absolute Gasteiger partial charge is 0.466 e. The predicted octanol–water partition coefficient (Wildman–Crippen LogP) is 2.01. The zero-order chi connectivity index (χ0) is 9.52. The Kier molecular flexibility index (Phi) is 3.76. The molecule has 0 N–H and O–H groups in total. The van der Waals surface area contributed by atoms with Crippen LogP contribution in [0.15, 0.2) is 48.6 Å². The molecule has 0 bridgehead atoms. The summed E-state index contributed by atoms with van der Waals surface area (Å²) in [7, 11) is 1.36. The van der Waals surface area contributed by atoms with Gasteiger partial charge in [-0.15, -0.1) is 0 Å². The Hall–Kier alpha value is -1.57. The van der Waals surface area contributed by atoms with Crippen LogP contribution in [0.1, 0.15) is 0 Å². The van der Waals surface area contributed by atoms with Crippen molar-refractivity contribution in [3.05, 3.63) is 48.6 Å². The molecule has 1 aliphatic rings. The Balaban J connectivity index is 2.32. The molecule has 0 amide bonds. The normalized spacial score (nSPS) is 16.4. The molecule has 13 heavy (non-hydrogen) atoms. The fourth-order valence-corrected chi connectivity index (χ4v) is 0.972. The Morgan fingerprint density at radius 3 is 2.62 bits per heavy atom. The second-order valence-corrected chi connectivity index (χ2v) is 2.61. The lowest BCUT2D eigenvalue weighted by molar-refractivity contribution is -0.134. The number of hydrogen-bond acceptors (Lipinski definition) is 2. The molecule has 1 aliphatic carbocycles. The van der Waals surface area contributed by atoms with Gasteiger partial charge in [-0.2, -0.15) is 0 Å². The number of esters is 1. The highest BCUT2D eigenvalue weighted by Crippen LogP contribution is 2.09. The molecule has 2 nitrogen and oxygen atoms in total. The minimum Gasteiger partial charge on any atom is -0.466 e. The van der Waals surface area contributed by atoms with E-state index in [0.29, 0.717) is 5.92 Å². The third-order valence-electron chi connectivity index (χ3n) is 1.66. The lowest BCUT2D eigenvalue weighted by Gasteiger charge is -1.92. The van der Waals surface area contributed by atoms with Crippen LogP contribution in [0.4, 0.5) is 0 Å². The van der Waals surface area contributed by atoms with E-state index in [2.05, 4.69) is 16.9 Å². The summed E-state index contributed by atoms with van der Waals surface area (Å²) >= 11 is 0. The first-order valence-corrected chi connectivity index (χ1v) is 4.11. The van der Waals surface area contributed by atoms with Gasteiger partial charge >= 0.3 is 5.97 Å². The van der Waals surface area contributed by atoms with Crippen LogP contribution in [-0.2, 0) is 9.53 Å². The summed E-state index contributed by atoms with van der Waals surface area (Å²) in [6.07, 6.45) is 15.0. The summed E-state index contributed by atoms with van der Waals surface area (Å²) in [5, 5.41) is 0. The van der Waals surface area contributed by atoms with Crippen molar-refractivity contribution in [3.63, 3.8) is 0 Å². The van der Waals surface area contributed by atoms with Gasteiger partial charge in [-0.25, -0.2) is 4.79 Å². The van der Waals surface area contributed by atoms with Gasteiger partial charge in [0.25, 0.3) is 0 Å². The zero-order valence-electron chi connectivity index (χ0n) is 7.51. The maximum absolute atomic E-state index is 10.6. The standard InChI is InChI=1S/C11H12O2/c1-13-11(12)9-5-4-8-10-6-2-3-7-10/h2-10H,1H3/b8-4+,9-5+. The number of methoxy groups -OCH3 is 1. The van der Waals surface area contributed by atoms with E-state index in [9.17, 15) is 4.79 Å². The summed E-state index contributed by atoms with van der Waals surface area (Å²) < 4.78 is 4.43. The molecule has 0 spiro atoms. The van der Waals surface area contributed by atoms with Crippen molar-refractivity contribution < 1.29 is 9.53 Å². The van der Waals surface area contributed by atoms with E-state index in [1.807, 2.05) is 24.3 Å². The summed E-state index contributed by atoms with van der Waals surface area (Å²) in [4.78, 5) is 10.6. The van der Waals surface area contributed by atoms with Crippen molar-refractivity contribution in [1.29, 1.82) is 0 Å². The van der Waals surface area contributed by atoms with E-state index in [-0.39, 0.29) is 5.97 Å². The first-order valence-electron chi connectivity index (χ1n) is 4.11. The Labute approximate surface area is 77.9 Å². The van der Waals surface area contributed by atoms with E-state index in [4.69, 9.17) is 0 Å². The summed E-state index contributed by atoms with van der Waals surface area (Å²) in [6, 6.07) is 0. The minimum absolute atomic E-state index is 0.331. The molecule has 0 atom stereocenters. The Morgan fingerprint density at radius 2 is 2.00 bits per heavy atom. The average Bonchev–Trinajstić information content (AvgIpc) is 2.64. The van der Waals surface area contributed by atoms with E-state index >= 15 is 0 Å². The van der Waals surface area contributed by atoms with Gasteiger partial charge < -0.3 is 4.74 Å². The third-order valence-corrected chi connectivity index (χ3v) is 1.66. The average molecular weight is 176 g/mol. The third kappa shape index (κ3) is 3.56. The van der Waals surface area contributed by atoms with Crippen LogP contribution in [0.5, 0.6) is 0 Å². The molecular weight excluding hydrogens is 164 g/mol. The summed E-state index contributed by atoms with van der Waals surface area (Å²) in [6.45, 7) is 0. The van der Waals surface area contributed by atoms with Crippen molar-refractivity contribution >= 4 is 5.97 Å². The van der Waals surface area contributed by atoms with Gasteiger partial charge in [0.1, 0.15) is 0 Å². The van der Waals surface area contributed by atoms with Gasteiger partial charge in [0.15, 0.2) is 0 Å². The molecule has 0 saturated carbocycles. The maximum atomic E-state index is 10.6. The topological polar surface area (TPSA) is 26.3 Å². The molecule has 0 radical (unpaired) electrons. The van der Waals surface area contributed by atoms with Gasteiger partial charge in [-0.1, -0.05) is 42.5 Å². The quantitative estimate of drug-likeness (QED) is 0.373. The molecule has 0 aliphatic heterocycles. The second kappa shape index (κ2) is 5.14. The van der Waals surface area contributed by atoms with Gasteiger partial charge in [0.05, 0.1) is 7.11 Å². The van der Waals surface area contributed by atoms with Crippen molar-refractivity contribution in [2.45, 2.75) is 0 Å². The van der Waals surface area contributed by atoms with Crippen LogP contribution in [0, 0.1) is 5.92 Å². The van der Waals surface area contributed by atoms with Crippen LogP contribution in [-0.4, -0.2) is 13.1 Å². The highest BCUT2D eigenvalue weighted by molar-refractivity contribution is 5.82. The number of hydrogen-bond donors (Lipinski definition) is 0. The number of carbonyl (C=O) groups excluding carboxylic acids is 1. The van der Waals surface area contributed by atoms with Crippen LogP contribution in [0.3, 0.4) is 0 Å². The van der Waals surface area contributed by atoms with Crippen molar-refractivity contribution in [3.8, 4) is 0 Å². The second-order valence-electron chi connectivity index (χ2n) is 2.61. The molecule has 2 heteroatoms. The minimum atomic E-state index is -0.331. The molecule has 0 aromatic heterocycles. The summed E-state index contributed by atoms with van der Waals surface area (Å²) in [5.41, 5.74) is 0. The molecule has 0 heterocycles. The fourth-order valence-electron chi connectivity index (χ4n) is 0.972. The van der Waals surface area contributed by atoms with Crippen LogP contribution in [0.25, 0.3) is 0 Å². The van der Waals surface area contributed by atoms with Gasteiger partial charge in [0.2, 0.25) is 0 Å². The van der Waals surface area contributed by atoms with E-state index in [1.54, 1.807) is 6.08 Å². The SMILES string of the molecule is COC(=O)/C=C/C=C/C1C=CC=C1. The van der Waals surface area contributed by atoms with Crippen molar-refractivity contribution in [2.24, 2.45) is 5.92 Å². The number of allylic oxidation sites excluding steroid dienone is 7. The van der Waals surface area contributed by atoms with E-state index < -0.39 is 0 Å². The lowest BCUT2D eigenvalue weighted by atomic mass is 10.1. The highest BCUT2D eigenvalue weighted by atomic mass is 16.5. The van der Waals surface area contributed by atoms with Gasteiger partial charge in [-0.3, -0.25) is 0 Å². The first-order chi connectivity index (χ1) is 6.33.